The van der Waals surface area contributed by atoms with Gasteiger partial charge < -0.3 is 10.2 Å². The summed E-state index contributed by atoms with van der Waals surface area (Å²) in [5.74, 6) is 1.03. The monoisotopic (exact) mass is 280 g/mol. The number of unbranched alkanes of at least 4 members (excludes halogenated alkanes) is 3. The van der Waals surface area contributed by atoms with E-state index < -0.39 is 0 Å². The van der Waals surface area contributed by atoms with Crippen molar-refractivity contribution >= 4 is 0 Å². The van der Waals surface area contributed by atoms with Gasteiger partial charge in [-0.15, -0.1) is 0 Å². The SMILES string of the molecule is CCC1CCC(N(C)CCCCCCNC2CC2)CC1. The van der Waals surface area contributed by atoms with Gasteiger partial charge in [-0.1, -0.05) is 26.2 Å². The molecule has 0 spiro atoms. The van der Waals surface area contributed by atoms with E-state index in [2.05, 4.69) is 24.2 Å². The molecule has 0 aromatic heterocycles. The van der Waals surface area contributed by atoms with Crippen LogP contribution in [0, 0.1) is 5.92 Å². The van der Waals surface area contributed by atoms with Crippen LogP contribution in [0.2, 0.25) is 0 Å². The van der Waals surface area contributed by atoms with Crippen LogP contribution >= 0.6 is 0 Å². The zero-order valence-corrected chi connectivity index (χ0v) is 13.9. The van der Waals surface area contributed by atoms with Crippen molar-refractivity contribution in [3.8, 4) is 0 Å². The first kappa shape index (κ1) is 16.3. The van der Waals surface area contributed by atoms with Gasteiger partial charge in [-0.2, -0.15) is 0 Å². The Morgan fingerprint density at radius 1 is 0.900 bits per heavy atom. The third kappa shape index (κ3) is 6.13. The summed E-state index contributed by atoms with van der Waals surface area (Å²) in [6, 6.07) is 1.77. The molecule has 0 aromatic rings. The van der Waals surface area contributed by atoms with Crippen molar-refractivity contribution in [3.63, 3.8) is 0 Å². The topological polar surface area (TPSA) is 15.3 Å². The second-order valence-electron chi connectivity index (χ2n) is 7.21. The van der Waals surface area contributed by atoms with E-state index in [4.69, 9.17) is 0 Å². The van der Waals surface area contributed by atoms with Crippen molar-refractivity contribution in [3.05, 3.63) is 0 Å². The largest absolute Gasteiger partial charge is 0.314 e. The van der Waals surface area contributed by atoms with E-state index in [1.165, 1.54) is 83.7 Å². The van der Waals surface area contributed by atoms with E-state index in [0.29, 0.717) is 0 Å². The molecule has 0 heterocycles. The summed E-state index contributed by atoms with van der Waals surface area (Å²) in [6.07, 6.45) is 15.7. The minimum absolute atomic E-state index is 0.884. The standard InChI is InChI=1S/C18H36N2/c1-3-16-8-12-18(13-9-16)20(2)15-7-5-4-6-14-19-17-10-11-17/h16-19H,3-15H2,1-2H3. The molecule has 2 fully saturated rings. The maximum absolute atomic E-state index is 3.61. The Labute approximate surface area is 126 Å². The lowest BCUT2D eigenvalue weighted by Crippen LogP contribution is -2.35. The quantitative estimate of drug-likeness (QED) is 0.603. The predicted molar refractivity (Wildman–Crippen MR) is 88.2 cm³/mol. The van der Waals surface area contributed by atoms with Gasteiger partial charge >= 0.3 is 0 Å². The van der Waals surface area contributed by atoms with Crippen LogP contribution in [0.1, 0.15) is 77.6 Å². The molecule has 0 radical (unpaired) electrons. The van der Waals surface area contributed by atoms with Gasteiger partial charge in [0.05, 0.1) is 0 Å². The van der Waals surface area contributed by atoms with Crippen LogP contribution in [-0.2, 0) is 0 Å². The van der Waals surface area contributed by atoms with Crippen LogP contribution < -0.4 is 5.32 Å². The molecular formula is C18H36N2. The first-order valence-electron chi connectivity index (χ1n) is 9.23. The molecule has 0 unspecified atom stereocenters. The fourth-order valence-corrected chi connectivity index (χ4v) is 3.61. The molecule has 0 bridgehead atoms. The van der Waals surface area contributed by atoms with Crippen molar-refractivity contribution in [1.29, 1.82) is 0 Å². The van der Waals surface area contributed by atoms with Crippen molar-refractivity contribution < 1.29 is 0 Å². The van der Waals surface area contributed by atoms with Crippen LogP contribution in [0.5, 0.6) is 0 Å². The Morgan fingerprint density at radius 3 is 2.25 bits per heavy atom. The molecule has 2 aliphatic carbocycles. The Morgan fingerprint density at radius 2 is 1.60 bits per heavy atom. The molecule has 1 N–H and O–H groups in total. The van der Waals surface area contributed by atoms with E-state index >= 15 is 0 Å². The number of hydrogen-bond acceptors (Lipinski definition) is 2. The second kappa shape index (κ2) is 9.04. The van der Waals surface area contributed by atoms with Crippen molar-refractivity contribution in [1.82, 2.24) is 10.2 Å². The van der Waals surface area contributed by atoms with Crippen molar-refractivity contribution in [2.45, 2.75) is 89.6 Å². The Balaban J connectivity index is 1.42. The lowest BCUT2D eigenvalue weighted by atomic mass is 9.84. The van der Waals surface area contributed by atoms with Crippen LogP contribution in [0.25, 0.3) is 0 Å². The van der Waals surface area contributed by atoms with Gasteiger partial charge in [0.15, 0.2) is 0 Å². The minimum atomic E-state index is 0.884. The summed E-state index contributed by atoms with van der Waals surface area (Å²) in [5.41, 5.74) is 0. The number of rotatable bonds is 10. The first-order valence-corrected chi connectivity index (χ1v) is 9.23. The van der Waals surface area contributed by atoms with Gasteiger partial charge in [0.25, 0.3) is 0 Å². The smallest absolute Gasteiger partial charge is 0.00924 e. The maximum Gasteiger partial charge on any atom is 0.00924 e. The van der Waals surface area contributed by atoms with Crippen LogP contribution in [-0.4, -0.2) is 37.1 Å². The zero-order chi connectivity index (χ0) is 14.2. The lowest BCUT2D eigenvalue weighted by molar-refractivity contribution is 0.161. The van der Waals surface area contributed by atoms with Gasteiger partial charge in [-0.05, 0) is 77.4 Å². The van der Waals surface area contributed by atoms with E-state index in [1.54, 1.807) is 0 Å². The predicted octanol–water partition coefficient (Wildman–Crippen LogP) is 4.20. The molecule has 118 valence electrons. The fourth-order valence-electron chi connectivity index (χ4n) is 3.61. The highest BCUT2D eigenvalue weighted by molar-refractivity contribution is 4.80. The molecule has 0 saturated heterocycles. The highest BCUT2D eigenvalue weighted by Crippen LogP contribution is 2.29. The Hall–Kier alpha value is -0.0800. The third-order valence-corrected chi connectivity index (χ3v) is 5.46. The summed E-state index contributed by atoms with van der Waals surface area (Å²) in [7, 11) is 2.35. The maximum atomic E-state index is 3.61. The van der Waals surface area contributed by atoms with Gasteiger partial charge in [0.1, 0.15) is 0 Å². The number of nitrogens with zero attached hydrogens (tertiary/aromatic N) is 1. The Kier molecular flexibility index (Phi) is 7.37. The van der Waals surface area contributed by atoms with Crippen LogP contribution in [0.4, 0.5) is 0 Å². The zero-order valence-electron chi connectivity index (χ0n) is 13.9. The summed E-state index contributed by atoms with van der Waals surface area (Å²) in [6.45, 7) is 4.92. The van der Waals surface area contributed by atoms with E-state index in [9.17, 15) is 0 Å². The lowest BCUT2D eigenvalue weighted by Gasteiger charge is -2.34. The molecule has 2 heteroatoms. The molecule has 2 saturated carbocycles. The molecule has 2 nitrogen and oxygen atoms in total. The molecular weight excluding hydrogens is 244 g/mol. The third-order valence-electron chi connectivity index (χ3n) is 5.46. The molecule has 0 atom stereocenters. The average Bonchev–Trinajstić information content (AvgIpc) is 3.30. The van der Waals surface area contributed by atoms with Crippen molar-refractivity contribution in [2.24, 2.45) is 5.92 Å². The van der Waals surface area contributed by atoms with Crippen LogP contribution in [0.15, 0.2) is 0 Å². The van der Waals surface area contributed by atoms with Gasteiger partial charge in [0, 0.05) is 12.1 Å². The first-order chi connectivity index (χ1) is 9.79. The average molecular weight is 280 g/mol. The van der Waals surface area contributed by atoms with Gasteiger partial charge in [0.2, 0.25) is 0 Å². The van der Waals surface area contributed by atoms with Crippen molar-refractivity contribution in [2.75, 3.05) is 20.1 Å². The second-order valence-corrected chi connectivity index (χ2v) is 7.21. The summed E-state index contributed by atoms with van der Waals surface area (Å²) in [5, 5.41) is 3.61. The Bertz CT molecular complexity index is 242. The highest BCUT2D eigenvalue weighted by Gasteiger charge is 2.22. The van der Waals surface area contributed by atoms with Gasteiger partial charge in [-0.3, -0.25) is 0 Å². The summed E-state index contributed by atoms with van der Waals surface area (Å²) >= 11 is 0. The normalized spacial score (nSPS) is 27.1. The number of hydrogen-bond donors (Lipinski definition) is 1. The van der Waals surface area contributed by atoms with E-state index in [-0.39, 0.29) is 0 Å². The summed E-state index contributed by atoms with van der Waals surface area (Å²) in [4.78, 5) is 2.65. The van der Waals surface area contributed by atoms with Gasteiger partial charge in [-0.25, -0.2) is 0 Å². The molecule has 0 aliphatic heterocycles. The van der Waals surface area contributed by atoms with Crippen LogP contribution in [0.3, 0.4) is 0 Å². The molecule has 0 amide bonds. The molecule has 0 aromatic carbocycles. The summed E-state index contributed by atoms with van der Waals surface area (Å²) < 4.78 is 0. The molecule has 2 rings (SSSR count). The fraction of sp³-hybridized carbons (Fsp3) is 1.00. The van der Waals surface area contributed by atoms with E-state index in [1.807, 2.05) is 0 Å². The highest BCUT2D eigenvalue weighted by atomic mass is 15.1. The molecule has 20 heavy (non-hydrogen) atoms. The van der Waals surface area contributed by atoms with E-state index in [0.717, 1.165) is 18.0 Å². The minimum Gasteiger partial charge on any atom is -0.314 e. The number of nitrogens with one attached hydrogen (secondary N) is 1. The molecule has 2 aliphatic rings.